The Morgan fingerprint density at radius 3 is 2.33 bits per heavy atom. The highest BCUT2D eigenvalue weighted by Crippen LogP contribution is 2.15. The van der Waals surface area contributed by atoms with Gasteiger partial charge in [-0.2, -0.15) is 0 Å². The number of thiocarbonyl (C=S) groups is 1. The summed E-state index contributed by atoms with van der Waals surface area (Å²) in [5.41, 5.74) is 0.594. The van der Waals surface area contributed by atoms with Crippen molar-refractivity contribution in [2.75, 3.05) is 27.2 Å². The van der Waals surface area contributed by atoms with E-state index in [1.807, 2.05) is 27.9 Å². The van der Waals surface area contributed by atoms with E-state index in [1.165, 1.54) is 0 Å². The maximum atomic E-state index is 12.2. The summed E-state index contributed by atoms with van der Waals surface area (Å²) >= 11 is 5.21. The van der Waals surface area contributed by atoms with E-state index in [0.29, 0.717) is 17.2 Å². The highest BCUT2D eigenvalue weighted by Gasteiger charge is 2.19. The highest BCUT2D eigenvalue weighted by atomic mass is 32.1. The lowest BCUT2D eigenvalue weighted by atomic mass is 9.93. The molecule has 24 heavy (non-hydrogen) atoms. The van der Waals surface area contributed by atoms with Gasteiger partial charge in [-0.05, 0) is 69.8 Å². The summed E-state index contributed by atoms with van der Waals surface area (Å²) in [7, 11) is 4.07. The Balaban J connectivity index is 2.50. The van der Waals surface area contributed by atoms with E-state index < -0.39 is 0 Å². The molecular formula is C18H29N3O2S. The van der Waals surface area contributed by atoms with Gasteiger partial charge in [0.25, 0.3) is 5.91 Å². The third-order valence-electron chi connectivity index (χ3n) is 3.19. The van der Waals surface area contributed by atoms with Gasteiger partial charge in [-0.25, -0.2) is 0 Å². The maximum absolute atomic E-state index is 12.2. The average Bonchev–Trinajstić information content (AvgIpc) is 2.44. The fourth-order valence-electron chi connectivity index (χ4n) is 2.41. The SMILES string of the molecule is CC(C)Oc1ccc(C(=O)NC(=S)NCC(C)(C)CN(C)C)cc1. The molecule has 1 aromatic rings. The van der Waals surface area contributed by atoms with Gasteiger partial charge >= 0.3 is 0 Å². The van der Waals surface area contributed by atoms with Crippen LogP contribution < -0.4 is 15.4 Å². The average molecular weight is 352 g/mol. The number of rotatable bonds is 7. The molecule has 0 fully saturated rings. The van der Waals surface area contributed by atoms with Crippen molar-refractivity contribution in [1.29, 1.82) is 0 Å². The first-order chi connectivity index (χ1) is 11.1. The monoisotopic (exact) mass is 351 g/mol. The molecule has 6 heteroatoms. The second kappa shape index (κ2) is 8.99. The Hall–Kier alpha value is -1.66. The zero-order valence-corrected chi connectivity index (χ0v) is 16.3. The molecule has 1 rings (SSSR count). The third-order valence-corrected chi connectivity index (χ3v) is 3.43. The summed E-state index contributed by atoms with van der Waals surface area (Å²) in [6, 6.07) is 7.02. The number of amides is 1. The molecule has 1 amide bonds. The van der Waals surface area contributed by atoms with Gasteiger partial charge in [-0.1, -0.05) is 13.8 Å². The van der Waals surface area contributed by atoms with Crippen LogP contribution in [0.4, 0.5) is 0 Å². The number of hydrogen-bond donors (Lipinski definition) is 2. The number of carbonyl (C=O) groups excluding carboxylic acids is 1. The van der Waals surface area contributed by atoms with Crippen LogP contribution in [0.5, 0.6) is 5.75 Å². The predicted molar refractivity (Wildman–Crippen MR) is 103 cm³/mol. The van der Waals surface area contributed by atoms with E-state index in [2.05, 4.69) is 29.4 Å². The van der Waals surface area contributed by atoms with E-state index in [1.54, 1.807) is 24.3 Å². The van der Waals surface area contributed by atoms with Crippen LogP contribution in [0.25, 0.3) is 0 Å². The second-order valence-corrected chi connectivity index (χ2v) is 7.64. The smallest absolute Gasteiger partial charge is 0.257 e. The first kappa shape index (κ1) is 20.4. The van der Waals surface area contributed by atoms with Crippen LogP contribution in [0, 0.1) is 5.41 Å². The molecule has 0 aromatic heterocycles. The van der Waals surface area contributed by atoms with Gasteiger partial charge in [0.15, 0.2) is 5.11 Å². The fourth-order valence-corrected chi connectivity index (χ4v) is 2.57. The summed E-state index contributed by atoms with van der Waals surface area (Å²) in [6.45, 7) is 9.83. The Kier molecular flexibility index (Phi) is 7.63. The van der Waals surface area contributed by atoms with Crippen LogP contribution in [0.15, 0.2) is 24.3 Å². The van der Waals surface area contributed by atoms with Gasteiger partial charge in [-0.15, -0.1) is 0 Å². The predicted octanol–water partition coefficient (Wildman–Crippen LogP) is 2.67. The summed E-state index contributed by atoms with van der Waals surface area (Å²) in [4.78, 5) is 14.3. The first-order valence-corrected chi connectivity index (χ1v) is 8.50. The summed E-state index contributed by atoms with van der Waals surface area (Å²) in [5, 5.41) is 6.17. The number of benzene rings is 1. The Morgan fingerprint density at radius 1 is 1.25 bits per heavy atom. The molecule has 2 N–H and O–H groups in total. The zero-order chi connectivity index (χ0) is 18.3. The number of nitrogens with one attached hydrogen (secondary N) is 2. The standard InChI is InChI=1S/C18H29N3O2S/c1-13(2)23-15-9-7-14(8-10-15)16(22)20-17(24)19-11-18(3,4)12-21(5)6/h7-10,13H,11-12H2,1-6H3,(H2,19,20,22,24). The summed E-state index contributed by atoms with van der Waals surface area (Å²) in [6.07, 6.45) is 0.104. The minimum Gasteiger partial charge on any atom is -0.491 e. The van der Waals surface area contributed by atoms with Crippen molar-refractivity contribution < 1.29 is 9.53 Å². The van der Waals surface area contributed by atoms with E-state index in [9.17, 15) is 4.79 Å². The molecule has 0 aliphatic carbocycles. The molecule has 0 saturated heterocycles. The third kappa shape index (κ3) is 7.75. The van der Waals surface area contributed by atoms with Gasteiger partial charge in [-0.3, -0.25) is 10.1 Å². The maximum Gasteiger partial charge on any atom is 0.257 e. The van der Waals surface area contributed by atoms with Crippen molar-refractivity contribution in [2.24, 2.45) is 5.41 Å². The van der Waals surface area contributed by atoms with Crippen molar-refractivity contribution >= 4 is 23.2 Å². The molecule has 0 heterocycles. The van der Waals surface area contributed by atoms with E-state index >= 15 is 0 Å². The van der Waals surface area contributed by atoms with Crippen LogP contribution in [0.1, 0.15) is 38.1 Å². The Morgan fingerprint density at radius 2 is 1.83 bits per heavy atom. The van der Waals surface area contributed by atoms with Gasteiger partial charge < -0.3 is 15.0 Å². The van der Waals surface area contributed by atoms with Gasteiger partial charge in [0.05, 0.1) is 6.10 Å². The van der Waals surface area contributed by atoms with Crippen molar-refractivity contribution in [2.45, 2.75) is 33.8 Å². The van der Waals surface area contributed by atoms with Crippen molar-refractivity contribution in [3.63, 3.8) is 0 Å². The highest BCUT2D eigenvalue weighted by molar-refractivity contribution is 7.80. The largest absolute Gasteiger partial charge is 0.491 e. The fraction of sp³-hybridized carbons (Fsp3) is 0.556. The minimum absolute atomic E-state index is 0.0497. The quantitative estimate of drug-likeness (QED) is 0.740. The van der Waals surface area contributed by atoms with Crippen LogP contribution in [-0.2, 0) is 0 Å². The molecule has 1 aromatic carbocycles. The molecule has 0 aliphatic rings. The van der Waals surface area contributed by atoms with Crippen LogP contribution in [0.2, 0.25) is 0 Å². The van der Waals surface area contributed by atoms with Crippen molar-refractivity contribution in [1.82, 2.24) is 15.5 Å². The number of carbonyl (C=O) groups is 1. The van der Waals surface area contributed by atoms with E-state index in [0.717, 1.165) is 12.3 Å². The minimum atomic E-state index is -0.228. The number of nitrogens with zero attached hydrogens (tertiary/aromatic N) is 1. The number of ether oxygens (including phenoxy) is 1. The molecule has 0 saturated carbocycles. The van der Waals surface area contributed by atoms with Crippen LogP contribution in [0.3, 0.4) is 0 Å². The molecule has 134 valence electrons. The molecule has 0 spiro atoms. The van der Waals surface area contributed by atoms with Gasteiger partial charge in [0.2, 0.25) is 0 Å². The Labute approximate surface area is 150 Å². The lowest BCUT2D eigenvalue weighted by molar-refractivity contribution is 0.0976. The summed E-state index contributed by atoms with van der Waals surface area (Å²) < 4.78 is 5.56. The molecule has 0 unspecified atom stereocenters. The molecule has 0 radical (unpaired) electrons. The zero-order valence-electron chi connectivity index (χ0n) is 15.5. The summed E-state index contributed by atoms with van der Waals surface area (Å²) in [5.74, 6) is 0.515. The first-order valence-electron chi connectivity index (χ1n) is 8.10. The van der Waals surface area contributed by atoms with Gasteiger partial charge in [0.1, 0.15) is 5.75 Å². The van der Waals surface area contributed by atoms with Crippen LogP contribution in [-0.4, -0.2) is 49.2 Å². The molecule has 5 nitrogen and oxygen atoms in total. The van der Waals surface area contributed by atoms with Gasteiger partial charge in [0, 0.05) is 18.7 Å². The van der Waals surface area contributed by atoms with Crippen molar-refractivity contribution in [3.05, 3.63) is 29.8 Å². The van der Waals surface area contributed by atoms with E-state index in [4.69, 9.17) is 17.0 Å². The number of hydrogen-bond acceptors (Lipinski definition) is 4. The molecule has 0 atom stereocenters. The van der Waals surface area contributed by atoms with E-state index in [-0.39, 0.29) is 17.4 Å². The Bertz CT molecular complexity index is 554. The second-order valence-electron chi connectivity index (χ2n) is 7.23. The topological polar surface area (TPSA) is 53.6 Å². The van der Waals surface area contributed by atoms with Crippen LogP contribution >= 0.6 is 12.2 Å². The van der Waals surface area contributed by atoms with Crippen molar-refractivity contribution in [3.8, 4) is 5.75 Å². The lowest BCUT2D eigenvalue weighted by Crippen LogP contribution is -2.45. The molecule has 0 aliphatic heterocycles. The normalized spacial score (nSPS) is 11.5. The molecular weight excluding hydrogens is 322 g/mol. The lowest BCUT2D eigenvalue weighted by Gasteiger charge is -2.28. The molecule has 0 bridgehead atoms.